The average Bonchev–Trinajstić information content (AvgIpc) is 2.86. The van der Waals surface area contributed by atoms with Crippen LogP contribution in [0.3, 0.4) is 0 Å². The highest BCUT2D eigenvalue weighted by Gasteiger charge is 2.35. The first-order valence-corrected chi connectivity index (χ1v) is 8.22. The fourth-order valence-electron chi connectivity index (χ4n) is 3.62. The SMILES string of the molecule is CN1C2CCCC1CC(NCc1ccc(C(=O)O)s1)C2. The highest BCUT2D eigenvalue weighted by Crippen LogP contribution is 2.32. The van der Waals surface area contributed by atoms with Gasteiger partial charge in [0.05, 0.1) is 0 Å². The third kappa shape index (κ3) is 2.90. The van der Waals surface area contributed by atoms with Gasteiger partial charge < -0.3 is 15.3 Å². The predicted octanol–water partition coefficient (Wildman–Crippen LogP) is 2.55. The molecule has 0 spiro atoms. The minimum absolute atomic E-state index is 0.432. The number of hydrogen-bond acceptors (Lipinski definition) is 4. The average molecular weight is 294 g/mol. The Morgan fingerprint density at radius 1 is 1.40 bits per heavy atom. The number of aromatic carboxylic acids is 1. The maximum atomic E-state index is 10.9. The number of carbonyl (C=O) groups is 1. The standard InChI is InChI=1S/C15H22N2O2S/c1-17-11-3-2-4-12(17)8-10(7-11)16-9-13-5-6-14(20-13)15(18)19/h5-6,10-12,16H,2-4,7-9H2,1H3,(H,18,19). The van der Waals surface area contributed by atoms with Gasteiger partial charge in [0.15, 0.2) is 0 Å². The minimum Gasteiger partial charge on any atom is -0.477 e. The normalized spacial score (nSPS) is 30.4. The molecule has 0 aromatic carbocycles. The Hall–Kier alpha value is -0.910. The van der Waals surface area contributed by atoms with Crippen LogP contribution < -0.4 is 5.32 Å². The van der Waals surface area contributed by atoms with Crippen molar-refractivity contribution in [3.8, 4) is 0 Å². The van der Waals surface area contributed by atoms with E-state index in [9.17, 15) is 4.79 Å². The fraction of sp³-hybridized carbons (Fsp3) is 0.667. The van der Waals surface area contributed by atoms with Crippen molar-refractivity contribution in [2.45, 2.75) is 56.8 Å². The van der Waals surface area contributed by atoms with E-state index in [1.54, 1.807) is 6.07 Å². The first kappa shape index (κ1) is 14.0. The third-order valence-electron chi connectivity index (χ3n) is 4.78. The smallest absolute Gasteiger partial charge is 0.345 e. The zero-order chi connectivity index (χ0) is 14.1. The second-order valence-electron chi connectivity index (χ2n) is 6.02. The molecule has 5 heteroatoms. The lowest BCUT2D eigenvalue weighted by Crippen LogP contribution is -2.54. The van der Waals surface area contributed by atoms with Gasteiger partial charge in [-0.2, -0.15) is 0 Å². The maximum absolute atomic E-state index is 10.9. The molecular formula is C15H22N2O2S. The monoisotopic (exact) mass is 294 g/mol. The second-order valence-corrected chi connectivity index (χ2v) is 7.19. The lowest BCUT2D eigenvalue weighted by Gasteiger charge is -2.47. The second kappa shape index (κ2) is 5.84. The molecule has 3 heterocycles. The molecule has 4 nitrogen and oxygen atoms in total. The van der Waals surface area contributed by atoms with Crippen LogP contribution in [-0.2, 0) is 6.54 Å². The Morgan fingerprint density at radius 3 is 2.70 bits per heavy atom. The molecule has 2 fully saturated rings. The Bertz CT molecular complexity index is 474. The molecule has 1 aromatic heterocycles. The maximum Gasteiger partial charge on any atom is 0.345 e. The van der Waals surface area contributed by atoms with Crippen molar-refractivity contribution in [3.63, 3.8) is 0 Å². The highest BCUT2D eigenvalue weighted by atomic mass is 32.1. The fourth-order valence-corrected chi connectivity index (χ4v) is 4.41. The van der Waals surface area contributed by atoms with Crippen LogP contribution in [0.2, 0.25) is 0 Å². The number of nitrogens with one attached hydrogen (secondary N) is 1. The van der Waals surface area contributed by atoms with Crippen LogP contribution in [-0.4, -0.2) is 41.1 Å². The Balaban J connectivity index is 1.55. The van der Waals surface area contributed by atoms with E-state index in [1.165, 1.54) is 43.4 Å². The van der Waals surface area contributed by atoms with Crippen LogP contribution in [0, 0.1) is 0 Å². The molecule has 110 valence electrons. The third-order valence-corrected chi connectivity index (χ3v) is 5.85. The number of thiophene rings is 1. The summed E-state index contributed by atoms with van der Waals surface area (Å²) >= 11 is 1.38. The van der Waals surface area contributed by atoms with Gasteiger partial charge in [-0.1, -0.05) is 6.42 Å². The van der Waals surface area contributed by atoms with Crippen molar-refractivity contribution in [2.75, 3.05) is 7.05 Å². The number of piperidine rings is 2. The van der Waals surface area contributed by atoms with E-state index in [1.807, 2.05) is 6.07 Å². The van der Waals surface area contributed by atoms with E-state index in [4.69, 9.17) is 5.11 Å². The quantitative estimate of drug-likeness (QED) is 0.896. The summed E-state index contributed by atoms with van der Waals surface area (Å²) in [7, 11) is 2.27. The summed E-state index contributed by atoms with van der Waals surface area (Å²) in [5.74, 6) is -0.824. The van der Waals surface area contributed by atoms with E-state index >= 15 is 0 Å². The van der Waals surface area contributed by atoms with Crippen LogP contribution in [0.5, 0.6) is 0 Å². The summed E-state index contributed by atoms with van der Waals surface area (Å²) < 4.78 is 0. The molecule has 2 unspecified atom stereocenters. The zero-order valence-corrected chi connectivity index (χ0v) is 12.7. The van der Waals surface area contributed by atoms with Crippen LogP contribution in [0.1, 0.15) is 46.7 Å². The van der Waals surface area contributed by atoms with Gasteiger partial charge in [0.1, 0.15) is 4.88 Å². The molecule has 0 amide bonds. The number of rotatable bonds is 4. The molecule has 0 aliphatic carbocycles. The molecule has 0 radical (unpaired) electrons. The van der Waals surface area contributed by atoms with E-state index in [0.29, 0.717) is 10.9 Å². The lowest BCUT2D eigenvalue weighted by atomic mass is 9.82. The molecule has 2 aliphatic rings. The topological polar surface area (TPSA) is 52.6 Å². The minimum atomic E-state index is -0.824. The van der Waals surface area contributed by atoms with Gasteiger partial charge in [-0.25, -0.2) is 4.79 Å². The van der Waals surface area contributed by atoms with Crippen LogP contribution in [0.25, 0.3) is 0 Å². The molecule has 0 saturated carbocycles. The zero-order valence-electron chi connectivity index (χ0n) is 11.8. The summed E-state index contributed by atoms with van der Waals surface area (Å²) in [6, 6.07) is 5.68. The first-order valence-electron chi connectivity index (χ1n) is 7.41. The van der Waals surface area contributed by atoms with Crippen LogP contribution in [0.15, 0.2) is 12.1 Å². The van der Waals surface area contributed by atoms with Gasteiger partial charge >= 0.3 is 5.97 Å². The van der Waals surface area contributed by atoms with Gasteiger partial charge in [0, 0.05) is 29.5 Å². The molecule has 2 saturated heterocycles. The lowest BCUT2D eigenvalue weighted by molar-refractivity contribution is 0.0483. The molecule has 3 rings (SSSR count). The Labute approximate surface area is 123 Å². The van der Waals surface area contributed by atoms with Crippen molar-refractivity contribution in [3.05, 3.63) is 21.9 Å². The summed E-state index contributed by atoms with van der Waals surface area (Å²) in [6.45, 7) is 0.797. The van der Waals surface area contributed by atoms with Crippen molar-refractivity contribution in [1.29, 1.82) is 0 Å². The largest absolute Gasteiger partial charge is 0.477 e. The van der Waals surface area contributed by atoms with E-state index in [-0.39, 0.29) is 0 Å². The molecule has 2 bridgehead atoms. The molecule has 20 heavy (non-hydrogen) atoms. The molecule has 2 aliphatic heterocycles. The highest BCUT2D eigenvalue weighted by molar-refractivity contribution is 7.13. The number of carboxylic acids is 1. The summed E-state index contributed by atoms with van der Waals surface area (Å²) in [5, 5.41) is 12.6. The van der Waals surface area contributed by atoms with Gasteiger partial charge in [-0.05, 0) is 44.9 Å². The number of nitrogens with zero attached hydrogens (tertiary/aromatic N) is 1. The van der Waals surface area contributed by atoms with Gasteiger partial charge in [0.2, 0.25) is 0 Å². The predicted molar refractivity (Wildman–Crippen MR) is 80.3 cm³/mol. The van der Waals surface area contributed by atoms with E-state index < -0.39 is 5.97 Å². The van der Waals surface area contributed by atoms with Crippen molar-refractivity contribution in [2.24, 2.45) is 0 Å². The first-order chi connectivity index (χ1) is 9.63. The Kier molecular flexibility index (Phi) is 4.10. The van der Waals surface area contributed by atoms with E-state index in [0.717, 1.165) is 23.5 Å². The van der Waals surface area contributed by atoms with Crippen LogP contribution in [0.4, 0.5) is 0 Å². The van der Waals surface area contributed by atoms with Gasteiger partial charge in [-0.3, -0.25) is 0 Å². The number of hydrogen-bond donors (Lipinski definition) is 2. The Morgan fingerprint density at radius 2 is 2.10 bits per heavy atom. The van der Waals surface area contributed by atoms with Crippen LogP contribution >= 0.6 is 11.3 Å². The summed E-state index contributed by atoms with van der Waals surface area (Å²) in [5.41, 5.74) is 0. The summed E-state index contributed by atoms with van der Waals surface area (Å²) in [4.78, 5) is 15.0. The number of carboxylic acid groups (broad SMARTS) is 1. The number of fused-ring (bicyclic) bond motifs is 2. The van der Waals surface area contributed by atoms with Gasteiger partial charge in [-0.15, -0.1) is 11.3 Å². The molecule has 2 N–H and O–H groups in total. The van der Waals surface area contributed by atoms with Gasteiger partial charge in [0.25, 0.3) is 0 Å². The van der Waals surface area contributed by atoms with Crippen molar-refractivity contribution in [1.82, 2.24) is 10.2 Å². The van der Waals surface area contributed by atoms with Crippen molar-refractivity contribution < 1.29 is 9.90 Å². The van der Waals surface area contributed by atoms with Crippen molar-refractivity contribution >= 4 is 17.3 Å². The molecular weight excluding hydrogens is 272 g/mol. The molecule has 2 atom stereocenters. The molecule has 1 aromatic rings. The summed E-state index contributed by atoms with van der Waals surface area (Å²) in [6.07, 6.45) is 6.48. The van der Waals surface area contributed by atoms with E-state index in [2.05, 4.69) is 17.3 Å².